The van der Waals surface area contributed by atoms with Crippen LogP contribution < -0.4 is 4.90 Å². The maximum Gasteiger partial charge on any atom is 0.250 e. The zero-order chi connectivity index (χ0) is 18.3. The Kier molecular flexibility index (Phi) is 4.28. The Morgan fingerprint density at radius 2 is 1.77 bits per heavy atom. The van der Waals surface area contributed by atoms with Crippen LogP contribution in [0.1, 0.15) is 6.42 Å². The summed E-state index contributed by atoms with van der Waals surface area (Å²) in [7, 11) is -3.35. The summed E-state index contributed by atoms with van der Waals surface area (Å²) in [5, 5.41) is 9.39. The lowest BCUT2D eigenvalue weighted by Gasteiger charge is -2.39. The molecule has 0 radical (unpaired) electrons. The van der Waals surface area contributed by atoms with Crippen LogP contribution in [0.5, 0.6) is 5.75 Å². The first-order valence-corrected chi connectivity index (χ1v) is 9.84. The van der Waals surface area contributed by atoms with Crippen molar-refractivity contribution in [3.8, 4) is 5.75 Å². The number of anilines is 1. The first-order valence-electron chi connectivity index (χ1n) is 8.37. The lowest BCUT2D eigenvalue weighted by atomic mass is 10.0. The summed E-state index contributed by atoms with van der Waals surface area (Å²) in [6, 6.07) is 6.94. The van der Waals surface area contributed by atoms with E-state index in [-0.39, 0.29) is 18.1 Å². The molecule has 136 valence electrons. The fourth-order valence-corrected chi connectivity index (χ4v) is 4.82. The zero-order valence-electron chi connectivity index (χ0n) is 14.0. The van der Waals surface area contributed by atoms with Crippen LogP contribution in [0.2, 0.25) is 0 Å². The molecule has 1 aliphatic carbocycles. The number of carbonyl (C=O) groups is 1. The quantitative estimate of drug-likeness (QED) is 0.597. The number of carbonyl (C=O) groups excluding carboxylic acids is 1. The number of piperazine rings is 1. The van der Waals surface area contributed by atoms with Gasteiger partial charge < -0.3 is 14.6 Å². The minimum Gasteiger partial charge on any atom is -0.604 e. The van der Waals surface area contributed by atoms with Gasteiger partial charge in [-0.25, -0.2) is 9.55 Å². The number of nitrogens with zero attached hydrogens (tertiary/aromatic N) is 3. The van der Waals surface area contributed by atoms with Crippen LogP contribution in [0.25, 0.3) is 0 Å². The second kappa shape index (κ2) is 6.48. The number of hydrogen-bond donors (Lipinski definition) is 2. The van der Waals surface area contributed by atoms with Gasteiger partial charge in [0.25, 0.3) is 5.91 Å². The van der Waals surface area contributed by atoms with E-state index in [0.29, 0.717) is 42.3 Å². The Bertz CT molecular complexity index is 888. The summed E-state index contributed by atoms with van der Waals surface area (Å²) in [5.74, 6) is -0.00306. The molecule has 4 rings (SSSR count). The Balaban J connectivity index is 1.52. The molecule has 2 N–H and O–H groups in total. The summed E-state index contributed by atoms with van der Waals surface area (Å²) in [6.07, 6.45) is 5.03. The highest BCUT2D eigenvalue weighted by Crippen LogP contribution is 2.24. The minimum atomic E-state index is -3.35. The van der Waals surface area contributed by atoms with E-state index in [4.69, 9.17) is 0 Å². The van der Waals surface area contributed by atoms with Crippen molar-refractivity contribution >= 4 is 32.5 Å². The summed E-state index contributed by atoms with van der Waals surface area (Å²) < 4.78 is 25.3. The summed E-state index contributed by atoms with van der Waals surface area (Å²) in [4.78, 5) is 17.7. The highest BCUT2D eigenvalue weighted by molar-refractivity contribution is 8.01. The number of hydrogen-bond acceptors (Lipinski definition) is 6. The SMILES string of the molecule is O=C1CC2=CC(=[S+]([O-])(O)N3CCN(c4ccc(O)cc4)CC3)C=CC2=N1. The molecule has 1 aromatic rings. The van der Waals surface area contributed by atoms with Gasteiger partial charge in [-0.05, 0) is 48.1 Å². The number of aliphatic imine (C=N–C) groups is 1. The molecule has 1 aromatic carbocycles. The molecule has 0 aromatic heterocycles. The molecule has 2 aliphatic heterocycles. The van der Waals surface area contributed by atoms with Crippen LogP contribution >= 0.6 is 0 Å². The van der Waals surface area contributed by atoms with Gasteiger partial charge in [0.2, 0.25) is 0 Å². The smallest absolute Gasteiger partial charge is 0.250 e. The van der Waals surface area contributed by atoms with Gasteiger partial charge in [-0.2, -0.15) is 0 Å². The van der Waals surface area contributed by atoms with Gasteiger partial charge in [0.15, 0.2) is 4.86 Å². The second-order valence-electron chi connectivity index (χ2n) is 6.40. The van der Waals surface area contributed by atoms with Crippen molar-refractivity contribution in [1.29, 1.82) is 0 Å². The topological polar surface area (TPSA) is 99.4 Å². The van der Waals surface area contributed by atoms with E-state index < -0.39 is 10.4 Å². The average Bonchev–Trinajstić information content (AvgIpc) is 3.01. The third-order valence-corrected chi connectivity index (χ3v) is 6.68. The van der Waals surface area contributed by atoms with Crippen molar-refractivity contribution in [3.63, 3.8) is 0 Å². The fourth-order valence-electron chi connectivity index (χ4n) is 3.32. The highest BCUT2D eigenvalue weighted by Gasteiger charge is 2.31. The van der Waals surface area contributed by atoms with E-state index >= 15 is 0 Å². The van der Waals surface area contributed by atoms with E-state index in [0.717, 1.165) is 5.69 Å². The molecule has 1 atom stereocenters. The standard InChI is InChI=1S/C18H19N3O4S/c22-15-3-1-14(2-4-15)20-7-9-21(10-8-20)26(24,25)16-5-6-17-13(11-16)12-18(23)19-17/h1-6,11H,7-10,12H2,(H2-,19,22,23,24,25). The molecule has 2 heterocycles. The lowest BCUT2D eigenvalue weighted by Crippen LogP contribution is -2.52. The highest BCUT2D eigenvalue weighted by atomic mass is 32.3. The molecule has 1 unspecified atom stereocenters. The molecule has 1 saturated heterocycles. The first kappa shape index (κ1) is 17.2. The molecule has 0 spiro atoms. The molecule has 1 fully saturated rings. The van der Waals surface area contributed by atoms with Gasteiger partial charge in [-0.15, -0.1) is 4.31 Å². The number of fused-ring (bicyclic) bond motifs is 1. The Morgan fingerprint density at radius 1 is 1.08 bits per heavy atom. The van der Waals surface area contributed by atoms with Crippen LogP contribution in [0, 0.1) is 0 Å². The number of benzene rings is 1. The Labute approximate surface area is 152 Å². The maximum absolute atomic E-state index is 13.0. The molecule has 0 bridgehead atoms. The van der Waals surface area contributed by atoms with Gasteiger partial charge in [0.1, 0.15) is 5.75 Å². The van der Waals surface area contributed by atoms with Crippen molar-refractivity contribution in [2.45, 2.75) is 6.42 Å². The van der Waals surface area contributed by atoms with Crippen molar-refractivity contribution in [1.82, 2.24) is 4.31 Å². The summed E-state index contributed by atoms with van der Waals surface area (Å²) in [5.41, 5.74) is 2.27. The predicted molar refractivity (Wildman–Crippen MR) is 102 cm³/mol. The molecule has 7 nitrogen and oxygen atoms in total. The van der Waals surface area contributed by atoms with Crippen LogP contribution in [0.15, 0.2) is 53.1 Å². The van der Waals surface area contributed by atoms with Gasteiger partial charge in [0, 0.05) is 18.8 Å². The maximum atomic E-state index is 13.0. The number of rotatable bonds is 2. The zero-order valence-corrected chi connectivity index (χ0v) is 14.9. The summed E-state index contributed by atoms with van der Waals surface area (Å²) in [6.45, 7) is 2.11. The van der Waals surface area contributed by atoms with E-state index in [2.05, 4.69) is 9.89 Å². The average molecular weight is 373 g/mol. The Morgan fingerprint density at radius 3 is 2.46 bits per heavy atom. The molecule has 26 heavy (non-hydrogen) atoms. The lowest BCUT2D eigenvalue weighted by molar-refractivity contribution is -0.116. The largest absolute Gasteiger partial charge is 0.604 e. The second-order valence-corrected chi connectivity index (χ2v) is 8.38. The molecule has 8 heteroatoms. The fraction of sp³-hybridized carbons (Fsp3) is 0.278. The molecule has 0 saturated carbocycles. The number of phenolic OH excluding ortho intramolecular Hbond substituents is 1. The Hall–Kier alpha value is -2.26. The first-order chi connectivity index (χ1) is 12.4. The molecule has 1 amide bonds. The number of allylic oxidation sites excluding steroid dienone is 3. The normalized spacial score (nSPS) is 22.8. The third-order valence-electron chi connectivity index (χ3n) is 4.75. The molecular formula is C18H19N3O4S. The van der Waals surface area contributed by atoms with Gasteiger partial charge in [-0.3, -0.25) is 4.79 Å². The van der Waals surface area contributed by atoms with Crippen LogP contribution in [0.4, 0.5) is 5.69 Å². The predicted octanol–water partition coefficient (Wildman–Crippen LogP) is 1.23. The van der Waals surface area contributed by atoms with Crippen molar-refractivity contribution in [3.05, 3.63) is 48.1 Å². The number of amides is 1. The van der Waals surface area contributed by atoms with Crippen LogP contribution in [-0.4, -0.2) is 61.2 Å². The van der Waals surface area contributed by atoms with Gasteiger partial charge in [0.05, 0.1) is 35.6 Å². The number of phenols is 1. The van der Waals surface area contributed by atoms with Gasteiger partial charge >= 0.3 is 0 Å². The third kappa shape index (κ3) is 3.12. The van der Waals surface area contributed by atoms with E-state index in [1.807, 2.05) is 12.1 Å². The van der Waals surface area contributed by atoms with Crippen molar-refractivity contribution in [2.75, 3.05) is 31.1 Å². The summed E-state index contributed by atoms with van der Waals surface area (Å²) >= 11 is 0. The number of aromatic hydroxyl groups is 1. The van der Waals surface area contributed by atoms with E-state index in [1.165, 1.54) is 0 Å². The minimum absolute atomic E-state index is 0.188. The van der Waals surface area contributed by atoms with Crippen molar-refractivity contribution in [2.24, 2.45) is 4.99 Å². The van der Waals surface area contributed by atoms with E-state index in [1.54, 1.807) is 34.7 Å². The van der Waals surface area contributed by atoms with Gasteiger partial charge in [-0.1, -0.05) is 0 Å². The van der Waals surface area contributed by atoms with Crippen LogP contribution in [-0.2, 0) is 15.2 Å². The van der Waals surface area contributed by atoms with Crippen molar-refractivity contribution < 1.29 is 19.0 Å². The molecular weight excluding hydrogens is 354 g/mol. The van der Waals surface area contributed by atoms with Crippen LogP contribution in [0.3, 0.4) is 0 Å². The van der Waals surface area contributed by atoms with E-state index in [9.17, 15) is 19.0 Å². The monoisotopic (exact) mass is 373 g/mol. The molecule has 3 aliphatic rings.